The van der Waals surface area contributed by atoms with Crippen LogP contribution in [0.3, 0.4) is 0 Å². The zero-order valence-electron chi connectivity index (χ0n) is 13.8. The number of aryl methyl sites for hydroxylation is 4. The van der Waals surface area contributed by atoms with Gasteiger partial charge in [0.1, 0.15) is 0 Å². The van der Waals surface area contributed by atoms with Crippen LogP contribution in [0.5, 0.6) is 0 Å². The summed E-state index contributed by atoms with van der Waals surface area (Å²) in [5.74, 6) is 0. The molecule has 3 aromatic rings. The molecule has 0 bridgehead atoms. The van der Waals surface area contributed by atoms with Crippen LogP contribution in [0.2, 0.25) is 0 Å². The zero-order chi connectivity index (χ0) is 16.7. The number of pyridine rings is 1. The Kier molecular flexibility index (Phi) is 3.56. The third-order valence-electron chi connectivity index (χ3n) is 4.33. The zero-order valence-corrected chi connectivity index (χ0v) is 13.8. The van der Waals surface area contributed by atoms with Gasteiger partial charge in [0.2, 0.25) is 0 Å². The van der Waals surface area contributed by atoms with Gasteiger partial charge < -0.3 is 10.3 Å². The van der Waals surface area contributed by atoms with Crippen molar-refractivity contribution in [3.63, 3.8) is 0 Å². The molecule has 3 N–H and O–H groups in total. The van der Waals surface area contributed by atoms with Crippen molar-refractivity contribution < 1.29 is 0 Å². The van der Waals surface area contributed by atoms with Gasteiger partial charge in [-0.05, 0) is 44.5 Å². The van der Waals surface area contributed by atoms with E-state index in [0.29, 0.717) is 11.3 Å². The van der Waals surface area contributed by atoms with Crippen molar-refractivity contribution in [2.24, 2.45) is 7.05 Å². The van der Waals surface area contributed by atoms with Gasteiger partial charge in [0.15, 0.2) is 0 Å². The third kappa shape index (κ3) is 2.44. The highest BCUT2D eigenvalue weighted by molar-refractivity contribution is 5.89. The standard InChI is InChI=1S/C18H20N4O/c1-10-14-6-5-13(19)9-17(14)22(4)18(23)15(10)7-8-16-11(2)20-21-12(16)3/h5-9H,19H2,1-4H3,(H,20,21)/b8-7+. The van der Waals surface area contributed by atoms with Crippen LogP contribution in [-0.4, -0.2) is 14.8 Å². The molecule has 0 fully saturated rings. The van der Waals surface area contributed by atoms with Gasteiger partial charge >= 0.3 is 0 Å². The van der Waals surface area contributed by atoms with Crippen LogP contribution >= 0.6 is 0 Å². The lowest BCUT2D eigenvalue weighted by atomic mass is 10.0. The minimum Gasteiger partial charge on any atom is -0.399 e. The van der Waals surface area contributed by atoms with Crippen LogP contribution in [0.1, 0.15) is 28.1 Å². The van der Waals surface area contributed by atoms with Crippen LogP contribution in [-0.2, 0) is 7.05 Å². The summed E-state index contributed by atoms with van der Waals surface area (Å²) in [4.78, 5) is 12.7. The van der Waals surface area contributed by atoms with E-state index in [4.69, 9.17) is 5.73 Å². The van der Waals surface area contributed by atoms with Crippen LogP contribution in [0.15, 0.2) is 23.0 Å². The molecule has 0 aliphatic heterocycles. The minimum atomic E-state index is -0.0318. The topological polar surface area (TPSA) is 76.7 Å². The average molecular weight is 308 g/mol. The second-order valence-corrected chi connectivity index (χ2v) is 5.86. The molecule has 0 amide bonds. The first-order valence-electron chi connectivity index (χ1n) is 7.48. The fraction of sp³-hybridized carbons (Fsp3) is 0.222. The molecule has 0 aliphatic carbocycles. The summed E-state index contributed by atoms with van der Waals surface area (Å²) in [5, 5.41) is 8.16. The molecule has 2 heterocycles. The summed E-state index contributed by atoms with van der Waals surface area (Å²) in [5.41, 5.74) is 11.9. The molecule has 0 atom stereocenters. The second kappa shape index (κ2) is 5.43. The van der Waals surface area contributed by atoms with Crippen molar-refractivity contribution in [1.82, 2.24) is 14.8 Å². The van der Waals surface area contributed by atoms with Gasteiger partial charge in [-0.3, -0.25) is 9.89 Å². The van der Waals surface area contributed by atoms with E-state index in [1.807, 2.05) is 51.1 Å². The Hall–Kier alpha value is -2.82. The van der Waals surface area contributed by atoms with E-state index in [-0.39, 0.29) is 5.56 Å². The number of hydrogen-bond donors (Lipinski definition) is 2. The van der Waals surface area contributed by atoms with Crippen molar-refractivity contribution >= 4 is 28.7 Å². The van der Waals surface area contributed by atoms with Crippen molar-refractivity contribution in [2.45, 2.75) is 20.8 Å². The molecule has 2 aromatic heterocycles. The maximum atomic E-state index is 12.7. The number of nitrogens with one attached hydrogen (secondary N) is 1. The molecule has 0 saturated heterocycles. The number of aromatic nitrogens is 3. The molecule has 5 heteroatoms. The fourth-order valence-electron chi connectivity index (χ4n) is 2.91. The highest BCUT2D eigenvalue weighted by Gasteiger charge is 2.11. The van der Waals surface area contributed by atoms with E-state index in [1.165, 1.54) is 0 Å². The van der Waals surface area contributed by atoms with Crippen LogP contribution in [0.4, 0.5) is 5.69 Å². The Morgan fingerprint density at radius 3 is 2.52 bits per heavy atom. The Labute approximate surface area is 134 Å². The minimum absolute atomic E-state index is 0.0318. The van der Waals surface area contributed by atoms with E-state index >= 15 is 0 Å². The van der Waals surface area contributed by atoms with E-state index in [0.717, 1.165) is 33.4 Å². The first kappa shape index (κ1) is 15.1. The first-order valence-corrected chi connectivity index (χ1v) is 7.48. The van der Waals surface area contributed by atoms with Crippen LogP contribution < -0.4 is 11.3 Å². The number of anilines is 1. The molecule has 0 radical (unpaired) electrons. The molecule has 0 saturated carbocycles. The molecule has 5 nitrogen and oxygen atoms in total. The molecule has 23 heavy (non-hydrogen) atoms. The molecule has 3 rings (SSSR count). The van der Waals surface area contributed by atoms with Crippen molar-refractivity contribution in [3.05, 3.63) is 56.6 Å². The molecule has 0 spiro atoms. The lowest BCUT2D eigenvalue weighted by molar-refractivity contribution is 0.899. The summed E-state index contributed by atoms with van der Waals surface area (Å²) >= 11 is 0. The number of nitrogens with zero attached hydrogens (tertiary/aromatic N) is 2. The van der Waals surface area contributed by atoms with Gasteiger partial charge in [-0.15, -0.1) is 0 Å². The maximum absolute atomic E-state index is 12.7. The van der Waals surface area contributed by atoms with Gasteiger partial charge in [0.05, 0.1) is 11.2 Å². The number of nitrogens with two attached hydrogens (primary N) is 1. The van der Waals surface area contributed by atoms with Crippen LogP contribution in [0.25, 0.3) is 23.1 Å². The lowest BCUT2D eigenvalue weighted by Crippen LogP contribution is -2.21. The summed E-state index contributed by atoms with van der Waals surface area (Å²) in [6.07, 6.45) is 3.82. The third-order valence-corrected chi connectivity index (χ3v) is 4.33. The molecule has 1 aromatic carbocycles. The predicted octanol–water partition coefficient (Wildman–Crippen LogP) is 2.94. The van der Waals surface area contributed by atoms with Gasteiger partial charge in [-0.1, -0.05) is 12.1 Å². The highest BCUT2D eigenvalue weighted by Crippen LogP contribution is 2.23. The summed E-state index contributed by atoms with van der Waals surface area (Å²) in [7, 11) is 1.77. The Bertz CT molecular complexity index is 973. The number of benzene rings is 1. The normalized spacial score (nSPS) is 11.7. The second-order valence-electron chi connectivity index (χ2n) is 5.86. The number of nitrogen functional groups attached to an aromatic ring is 1. The van der Waals surface area contributed by atoms with E-state index in [2.05, 4.69) is 10.2 Å². The highest BCUT2D eigenvalue weighted by atomic mass is 16.1. The summed E-state index contributed by atoms with van der Waals surface area (Å²) in [6.45, 7) is 5.87. The quantitative estimate of drug-likeness (QED) is 0.715. The monoisotopic (exact) mass is 308 g/mol. The van der Waals surface area contributed by atoms with Crippen molar-refractivity contribution in [3.8, 4) is 0 Å². The maximum Gasteiger partial charge on any atom is 0.258 e. The number of fused-ring (bicyclic) bond motifs is 1. The van der Waals surface area contributed by atoms with E-state index < -0.39 is 0 Å². The van der Waals surface area contributed by atoms with Gasteiger partial charge in [0.25, 0.3) is 5.56 Å². The number of H-pyrrole nitrogens is 1. The predicted molar refractivity (Wildman–Crippen MR) is 95.3 cm³/mol. The number of hydrogen-bond acceptors (Lipinski definition) is 3. The van der Waals surface area contributed by atoms with Gasteiger partial charge in [0, 0.05) is 34.9 Å². The average Bonchev–Trinajstić information content (AvgIpc) is 2.84. The molecule has 0 aliphatic rings. The smallest absolute Gasteiger partial charge is 0.258 e. The Morgan fingerprint density at radius 1 is 1.17 bits per heavy atom. The molecular weight excluding hydrogens is 288 g/mol. The number of aromatic amines is 1. The van der Waals surface area contributed by atoms with Crippen molar-refractivity contribution in [2.75, 3.05) is 5.73 Å². The number of rotatable bonds is 2. The van der Waals surface area contributed by atoms with Crippen LogP contribution in [0, 0.1) is 20.8 Å². The first-order chi connectivity index (χ1) is 10.9. The molecular formula is C18H20N4O. The lowest BCUT2D eigenvalue weighted by Gasteiger charge is -2.11. The Balaban J connectivity index is 2.23. The van der Waals surface area contributed by atoms with Crippen molar-refractivity contribution in [1.29, 1.82) is 0 Å². The van der Waals surface area contributed by atoms with E-state index in [9.17, 15) is 4.79 Å². The van der Waals surface area contributed by atoms with Gasteiger partial charge in [-0.25, -0.2) is 0 Å². The summed E-state index contributed by atoms with van der Waals surface area (Å²) < 4.78 is 1.65. The molecule has 0 unspecified atom stereocenters. The summed E-state index contributed by atoms with van der Waals surface area (Å²) in [6, 6.07) is 5.66. The van der Waals surface area contributed by atoms with Gasteiger partial charge in [-0.2, -0.15) is 5.10 Å². The van der Waals surface area contributed by atoms with E-state index in [1.54, 1.807) is 11.6 Å². The fourth-order valence-corrected chi connectivity index (χ4v) is 2.91. The SMILES string of the molecule is Cc1n[nH]c(C)c1/C=C/c1c(C)c2ccc(N)cc2n(C)c1=O. The Morgan fingerprint density at radius 2 is 1.87 bits per heavy atom. The molecule has 118 valence electrons. The largest absolute Gasteiger partial charge is 0.399 e.